The van der Waals surface area contributed by atoms with Crippen LogP contribution in [0.25, 0.3) is 49.7 Å². The first-order valence-electron chi connectivity index (χ1n) is 24.5. The number of pyridine rings is 1. The Morgan fingerprint density at radius 1 is 0.768 bits per heavy atom. The highest BCUT2D eigenvalue weighted by molar-refractivity contribution is 5.93. The molecule has 0 spiro atoms. The quantitative estimate of drug-likeness (QED) is 0.122. The number of fused-ring (bicyclic) bond motifs is 3. The van der Waals surface area contributed by atoms with Crippen LogP contribution < -0.4 is 11.2 Å². The number of rotatable bonds is 13. The zero-order valence-electron chi connectivity index (χ0n) is 40.0. The van der Waals surface area contributed by atoms with E-state index in [4.69, 9.17) is 0 Å². The second kappa shape index (κ2) is 19.5. The summed E-state index contributed by atoms with van der Waals surface area (Å²) in [6.07, 6.45) is 7.09. The summed E-state index contributed by atoms with van der Waals surface area (Å²) < 4.78 is 21.6. The van der Waals surface area contributed by atoms with Crippen molar-refractivity contribution in [2.75, 3.05) is 26.2 Å². The van der Waals surface area contributed by atoms with Crippen molar-refractivity contribution in [1.29, 1.82) is 0 Å². The molecule has 1 saturated heterocycles. The van der Waals surface area contributed by atoms with Crippen LogP contribution in [0.1, 0.15) is 80.9 Å². The number of halogens is 1. The Hall–Kier alpha value is -6.51. The summed E-state index contributed by atoms with van der Waals surface area (Å²) in [6.45, 7) is 14.6. The number of hydrogen-bond acceptors (Lipinski definition) is 8. The van der Waals surface area contributed by atoms with Gasteiger partial charge in [-0.3, -0.25) is 33.4 Å². The van der Waals surface area contributed by atoms with E-state index in [0.717, 1.165) is 83.0 Å². The number of aliphatic hydroxyl groups excluding tert-OH is 1. The molecule has 13 heteroatoms. The highest BCUT2D eigenvalue weighted by Crippen LogP contribution is 2.35. The molecule has 4 aromatic carbocycles. The molecule has 2 fully saturated rings. The number of piperazine rings is 1. The molecule has 10 rings (SSSR count). The van der Waals surface area contributed by atoms with Crippen LogP contribution in [-0.2, 0) is 26.2 Å². The fourth-order valence-electron chi connectivity index (χ4n) is 11.0. The molecular formula is C56H61FN8O4. The van der Waals surface area contributed by atoms with Crippen molar-refractivity contribution in [3.05, 3.63) is 165 Å². The second-order valence-corrected chi connectivity index (χ2v) is 19.6. The lowest BCUT2D eigenvalue weighted by Gasteiger charge is -2.37. The molecule has 1 N–H and O–H groups in total. The first-order valence-corrected chi connectivity index (χ1v) is 24.5. The molecule has 1 saturated carbocycles. The van der Waals surface area contributed by atoms with Crippen LogP contribution in [0.4, 0.5) is 4.39 Å². The van der Waals surface area contributed by atoms with Crippen LogP contribution in [0, 0.1) is 5.82 Å². The standard InChI is InChI=1S/C56H61FN8O4/c1-37(2)60-26-24-59(25-27-60)32-40-16-18-41(19-17-40)42-10-9-11-48(28-42)64-54-51(29-45(57)30-58-54)55(68)65(56(64)69)47-22-20-46(21-23-47)61(34-44-36-63(39(4)67)53-15-8-6-13-50(44)53)33-43-35-62(31-38(3)66)52-14-7-5-12-49(43)52/h5-19,28-30,35-38,46-47,66H,20-27,31-34H2,1-4H3/t38-,46?,47?/m1/s1. The molecule has 69 heavy (non-hydrogen) atoms. The van der Waals surface area contributed by atoms with Gasteiger partial charge >= 0.3 is 5.69 Å². The average Bonchev–Trinajstić information content (AvgIpc) is 3.89. The summed E-state index contributed by atoms with van der Waals surface area (Å²) in [7, 11) is 0. The SMILES string of the molecule is CC(=O)n1cc(CN(Cc2cn(C[C@@H](C)O)c3ccccc23)C2CCC(n3c(=O)c4cc(F)cnc4n(-c4cccc(-c5ccc(CN6CCN(C(C)C)CC6)cc5)c4)c3=O)CC2)c2ccccc21. The first-order chi connectivity index (χ1) is 33.4. The van der Waals surface area contributed by atoms with E-state index < -0.39 is 29.2 Å². The van der Waals surface area contributed by atoms with Crippen molar-refractivity contribution in [3.63, 3.8) is 0 Å². The minimum atomic E-state index is -0.646. The highest BCUT2D eigenvalue weighted by atomic mass is 19.1. The summed E-state index contributed by atoms with van der Waals surface area (Å²) >= 11 is 0. The lowest BCUT2D eigenvalue weighted by molar-refractivity contribution is 0.0940. The van der Waals surface area contributed by atoms with Crippen LogP contribution >= 0.6 is 0 Å². The van der Waals surface area contributed by atoms with E-state index in [1.807, 2.05) is 60.8 Å². The monoisotopic (exact) mass is 928 g/mol. The van der Waals surface area contributed by atoms with Gasteiger partial charge in [0.05, 0.1) is 28.9 Å². The number of aromatic nitrogens is 5. The zero-order valence-corrected chi connectivity index (χ0v) is 40.0. The third-order valence-corrected chi connectivity index (χ3v) is 14.6. The van der Waals surface area contributed by atoms with Crippen LogP contribution in [-0.4, -0.2) is 93.3 Å². The Morgan fingerprint density at radius 3 is 2.12 bits per heavy atom. The van der Waals surface area contributed by atoms with Gasteiger partial charge in [0.15, 0.2) is 5.65 Å². The minimum Gasteiger partial charge on any atom is -0.392 e. The molecule has 0 unspecified atom stereocenters. The normalized spacial score (nSPS) is 17.7. The number of para-hydroxylation sites is 2. The van der Waals surface area contributed by atoms with Crippen LogP contribution in [0.5, 0.6) is 0 Å². The summed E-state index contributed by atoms with van der Waals surface area (Å²) in [4.78, 5) is 54.1. The maximum atomic E-state index is 15.0. The van der Waals surface area contributed by atoms with Gasteiger partial charge in [-0.25, -0.2) is 18.7 Å². The topological polar surface area (TPSA) is 114 Å². The molecule has 5 heterocycles. The molecule has 356 valence electrons. The molecule has 12 nitrogen and oxygen atoms in total. The highest BCUT2D eigenvalue weighted by Gasteiger charge is 2.32. The second-order valence-electron chi connectivity index (χ2n) is 19.6. The fraction of sp³-hybridized carbons (Fsp3) is 0.357. The summed E-state index contributed by atoms with van der Waals surface area (Å²) in [5.74, 6) is -0.706. The summed E-state index contributed by atoms with van der Waals surface area (Å²) in [6, 6.07) is 33.9. The third kappa shape index (κ3) is 9.36. The largest absolute Gasteiger partial charge is 0.392 e. The molecule has 1 aliphatic heterocycles. The van der Waals surface area contributed by atoms with Crippen molar-refractivity contribution in [2.24, 2.45) is 0 Å². The van der Waals surface area contributed by atoms with Crippen molar-refractivity contribution >= 4 is 38.7 Å². The van der Waals surface area contributed by atoms with E-state index in [0.29, 0.717) is 57.0 Å². The molecule has 4 aromatic heterocycles. The van der Waals surface area contributed by atoms with Crippen LogP contribution in [0.2, 0.25) is 0 Å². The van der Waals surface area contributed by atoms with Gasteiger partial charge in [-0.15, -0.1) is 0 Å². The zero-order chi connectivity index (χ0) is 47.9. The van der Waals surface area contributed by atoms with E-state index in [9.17, 15) is 23.9 Å². The van der Waals surface area contributed by atoms with Gasteiger partial charge < -0.3 is 9.67 Å². The van der Waals surface area contributed by atoms with Gasteiger partial charge in [0.2, 0.25) is 5.91 Å². The van der Waals surface area contributed by atoms with Crippen molar-refractivity contribution < 1.29 is 14.3 Å². The molecule has 8 aromatic rings. The maximum absolute atomic E-state index is 15.0. The van der Waals surface area contributed by atoms with Crippen molar-refractivity contribution in [3.8, 4) is 16.8 Å². The molecule has 1 aliphatic carbocycles. The Balaban J connectivity index is 0.950. The summed E-state index contributed by atoms with van der Waals surface area (Å²) in [5.41, 5.74) is 6.84. The number of aliphatic hydroxyl groups is 1. The van der Waals surface area contributed by atoms with Crippen molar-refractivity contribution in [2.45, 2.75) is 104 Å². The predicted octanol–water partition coefficient (Wildman–Crippen LogP) is 9.02. The van der Waals surface area contributed by atoms with Gasteiger partial charge in [0.25, 0.3) is 5.56 Å². The molecule has 0 amide bonds. The molecule has 0 radical (unpaired) electrons. The third-order valence-electron chi connectivity index (χ3n) is 14.6. The average molecular weight is 929 g/mol. The Kier molecular flexibility index (Phi) is 13.0. The maximum Gasteiger partial charge on any atom is 0.337 e. The Bertz CT molecular complexity index is 3280. The van der Waals surface area contributed by atoms with Gasteiger partial charge in [-0.05, 0) is 105 Å². The number of nitrogens with zero attached hydrogens (tertiary/aromatic N) is 8. The van der Waals surface area contributed by atoms with E-state index in [2.05, 4.69) is 86.8 Å². The Morgan fingerprint density at radius 2 is 1.43 bits per heavy atom. The minimum absolute atomic E-state index is 0.0535. The molecule has 0 bridgehead atoms. The Labute approximate surface area is 401 Å². The fourth-order valence-corrected chi connectivity index (χ4v) is 11.0. The van der Waals surface area contributed by atoms with Gasteiger partial charge in [0, 0.05) is 106 Å². The number of carbonyl (C=O) groups excluding carboxylic acids is 1. The smallest absolute Gasteiger partial charge is 0.337 e. The van der Waals surface area contributed by atoms with E-state index in [1.165, 1.54) is 20.8 Å². The lowest BCUT2D eigenvalue weighted by atomic mass is 9.89. The first kappa shape index (κ1) is 46.2. The number of carbonyl (C=O) groups is 1. The van der Waals surface area contributed by atoms with E-state index in [1.54, 1.807) is 18.4 Å². The number of benzene rings is 4. The van der Waals surface area contributed by atoms with Crippen molar-refractivity contribution in [1.82, 2.24) is 38.0 Å². The van der Waals surface area contributed by atoms with Crippen LogP contribution in [0.15, 0.2) is 131 Å². The predicted molar refractivity (Wildman–Crippen MR) is 271 cm³/mol. The van der Waals surface area contributed by atoms with Gasteiger partial charge in [-0.2, -0.15) is 0 Å². The molecular weight excluding hydrogens is 868 g/mol. The molecule has 1 atom stereocenters. The number of hydrogen-bond donors (Lipinski definition) is 1. The van der Waals surface area contributed by atoms with Crippen LogP contribution in [0.3, 0.4) is 0 Å². The van der Waals surface area contributed by atoms with Gasteiger partial charge in [-0.1, -0.05) is 72.8 Å². The summed E-state index contributed by atoms with van der Waals surface area (Å²) in [5, 5.41) is 12.6. The lowest BCUT2D eigenvalue weighted by Crippen LogP contribution is -2.48. The van der Waals surface area contributed by atoms with Gasteiger partial charge in [0.1, 0.15) is 5.82 Å². The molecule has 2 aliphatic rings. The van der Waals surface area contributed by atoms with E-state index >= 15 is 0 Å². The van der Waals surface area contributed by atoms with E-state index in [-0.39, 0.29) is 23.0 Å².